The Morgan fingerprint density at radius 3 is 2.94 bits per heavy atom. The molecular weight excluding hydrogens is 329 g/mol. The highest BCUT2D eigenvalue weighted by Crippen LogP contribution is 2.16. The van der Waals surface area contributed by atoms with Gasteiger partial charge in [-0.25, -0.2) is 4.79 Å². The Balaban J connectivity index is 2.52. The van der Waals surface area contributed by atoms with Crippen LogP contribution in [0, 0.1) is 3.57 Å². The molecule has 4 heteroatoms. The minimum Gasteiger partial charge on any atom is -0.462 e. The molecule has 0 heterocycles. The number of benzene rings is 1. The minimum absolute atomic E-state index is 0.356. The number of esters is 1. The van der Waals surface area contributed by atoms with E-state index >= 15 is 0 Å². The summed E-state index contributed by atoms with van der Waals surface area (Å²) in [5.74, 6) is -0.356. The first kappa shape index (κ1) is 14.0. The van der Waals surface area contributed by atoms with E-state index < -0.39 is 0 Å². The fourth-order valence-electron chi connectivity index (χ4n) is 1.29. The van der Waals surface area contributed by atoms with Gasteiger partial charge in [0.2, 0.25) is 0 Å². The largest absolute Gasteiger partial charge is 0.462 e. The first-order valence-electron chi connectivity index (χ1n) is 5.52. The highest BCUT2D eigenvalue weighted by atomic mass is 127. The molecule has 0 aliphatic carbocycles. The van der Waals surface area contributed by atoms with Crippen LogP contribution >= 0.6 is 22.6 Å². The molecule has 17 heavy (non-hydrogen) atoms. The number of ether oxygens (including phenoxy) is 1. The third-order valence-corrected chi connectivity index (χ3v) is 2.83. The van der Waals surface area contributed by atoms with E-state index in [-0.39, 0.29) is 5.97 Å². The molecule has 1 aromatic carbocycles. The van der Waals surface area contributed by atoms with Gasteiger partial charge >= 0.3 is 5.97 Å². The second kappa shape index (κ2) is 7.32. The van der Waals surface area contributed by atoms with E-state index in [0.717, 1.165) is 16.4 Å². The number of carbonyl (C=O) groups excluding carboxylic acids is 1. The van der Waals surface area contributed by atoms with Crippen LogP contribution in [0.4, 0.5) is 5.69 Å². The molecule has 2 N–H and O–H groups in total. The zero-order valence-corrected chi connectivity index (χ0v) is 11.9. The number of nitrogen functional groups attached to an aromatic ring is 1. The molecule has 0 aliphatic heterocycles. The molecule has 3 nitrogen and oxygen atoms in total. The van der Waals surface area contributed by atoms with Gasteiger partial charge in [0.15, 0.2) is 0 Å². The summed E-state index contributed by atoms with van der Waals surface area (Å²) in [6, 6.07) is 5.31. The van der Waals surface area contributed by atoms with Crippen molar-refractivity contribution < 1.29 is 9.53 Å². The number of rotatable bonds is 5. The van der Waals surface area contributed by atoms with Crippen LogP contribution in [0.5, 0.6) is 0 Å². The molecule has 0 radical (unpaired) electrons. The first-order valence-corrected chi connectivity index (χ1v) is 6.60. The Labute approximate surface area is 115 Å². The Kier molecular flexibility index (Phi) is 6.04. The van der Waals surface area contributed by atoms with E-state index in [1.807, 2.05) is 18.2 Å². The van der Waals surface area contributed by atoms with Crippen molar-refractivity contribution in [1.29, 1.82) is 0 Å². The quantitative estimate of drug-likeness (QED) is 0.293. The second-order valence-corrected chi connectivity index (χ2v) is 4.78. The number of anilines is 1. The highest BCUT2D eigenvalue weighted by molar-refractivity contribution is 14.1. The van der Waals surface area contributed by atoms with Crippen molar-refractivity contribution in [2.45, 2.75) is 19.8 Å². The molecule has 0 aliphatic rings. The van der Waals surface area contributed by atoms with Crippen LogP contribution in [0.2, 0.25) is 0 Å². The summed E-state index contributed by atoms with van der Waals surface area (Å²) >= 11 is 2.14. The van der Waals surface area contributed by atoms with Crippen molar-refractivity contribution >= 4 is 34.2 Å². The van der Waals surface area contributed by atoms with Crippen molar-refractivity contribution in [1.82, 2.24) is 0 Å². The molecule has 1 aromatic rings. The van der Waals surface area contributed by atoms with Gasteiger partial charge in [-0.15, -0.1) is 0 Å². The fraction of sp³-hybridized carbons (Fsp3) is 0.308. The van der Waals surface area contributed by atoms with Gasteiger partial charge in [-0.05, 0) is 53.6 Å². The molecule has 92 valence electrons. The zero-order chi connectivity index (χ0) is 12.7. The molecule has 0 bridgehead atoms. The van der Waals surface area contributed by atoms with Gasteiger partial charge in [0, 0.05) is 9.26 Å². The Hall–Kier alpha value is -1.04. The van der Waals surface area contributed by atoms with E-state index in [9.17, 15) is 4.79 Å². The third-order valence-electron chi connectivity index (χ3n) is 2.16. The summed E-state index contributed by atoms with van der Waals surface area (Å²) < 4.78 is 6.10. The average molecular weight is 345 g/mol. The Morgan fingerprint density at radius 2 is 2.24 bits per heavy atom. The average Bonchev–Trinajstić information content (AvgIpc) is 2.32. The van der Waals surface area contributed by atoms with Gasteiger partial charge in [0.25, 0.3) is 0 Å². The maximum absolute atomic E-state index is 11.7. The van der Waals surface area contributed by atoms with E-state index in [4.69, 9.17) is 10.5 Å². The summed E-state index contributed by atoms with van der Waals surface area (Å²) in [7, 11) is 0. The van der Waals surface area contributed by atoms with Gasteiger partial charge in [0.1, 0.15) is 0 Å². The minimum atomic E-state index is -0.356. The zero-order valence-electron chi connectivity index (χ0n) is 9.78. The van der Waals surface area contributed by atoms with Crippen LogP contribution in [0.15, 0.2) is 30.4 Å². The number of hydrogen-bond acceptors (Lipinski definition) is 3. The lowest BCUT2D eigenvalue weighted by molar-refractivity contribution is 0.0513. The second-order valence-electron chi connectivity index (χ2n) is 3.54. The molecule has 0 unspecified atom stereocenters. The van der Waals surface area contributed by atoms with Crippen molar-refractivity contribution in [3.63, 3.8) is 0 Å². The normalized spacial score (nSPS) is 10.7. The molecule has 0 saturated heterocycles. The molecule has 0 saturated carbocycles. The third kappa shape index (κ3) is 4.77. The summed E-state index contributed by atoms with van der Waals surface area (Å²) in [5.41, 5.74) is 6.62. The van der Waals surface area contributed by atoms with Crippen LogP contribution in [0.3, 0.4) is 0 Å². The highest BCUT2D eigenvalue weighted by Gasteiger charge is 2.10. The Morgan fingerprint density at radius 1 is 1.47 bits per heavy atom. The van der Waals surface area contributed by atoms with Crippen LogP contribution < -0.4 is 5.73 Å². The molecular formula is C13H16INO2. The van der Waals surface area contributed by atoms with Crippen LogP contribution in [-0.2, 0) is 4.74 Å². The summed E-state index contributed by atoms with van der Waals surface area (Å²) in [5, 5.41) is 0. The van der Waals surface area contributed by atoms with E-state index in [1.165, 1.54) is 0 Å². The SMILES string of the molecule is CC/C=C\CCOC(=O)c1cc(I)ccc1N. The maximum Gasteiger partial charge on any atom is 0.340 e. The van der Waals surface area contributed by atoms with Crippen molar-refractivity contribution in [2.75, 3.05) is 12.3 Å². The topological polar surface area (TPSA) is 52.3 Å². The number of nitrogens with two attached hydrogens (primary N) is 1. The first-order chi connectivity index (χ1) is 8.15. The van der Waals surface area contributed by atoms with Gasteiger partial charge in [-0.3, -0.25) is 0 Å². The molecule has 0 aromatic heterocycles. The lowest BCUT2D eigenvalue weighted by Crippen LogP contribution is -2.09. The lowest BCUT2D eigenvalue weighted by Gasteiger charge is -2.06. The van der Waals surface area contributed by atoms with E-state index in [1.54, 1.807) is 12.1 Å². The van der Waals surface area contributed by atoms with Crippen molar-refractivity contribution in [2.24, 2.45) is 0 Å². The fourth-order valence-corrected chi connectivity index (χ4v) is 1.78. The number of allylic oxidation sites excluding steroid dienone is 1. The predicted molar refractivity (Wildman–Crippen MR) is 77.9 cm³/mol. The predicted octanol–water partition coefficient (Wildman–Crippen LogP) is 3.39. The molecule has 0 fully saturated rings. The molecule has 0 atom stereocenters. The molecule has 0 amide bonds. The maximum atomic E-state index is 11.7. The smallest absolute Gasteiger partial charge is 0.340 e. The van der Waals surface area contributed by atoms with Crippen molar-refractivity contribution in [3.8, 4) is 0 Å². The van der Waals surface area contributed by atoms with Crippen LogP contribution in [0.1, 0.15) is 30.1 Å². The summed E-state index contributed by atoms with van der Waals surface area (Å²) in [6.07, 6.45) is 5.79. The number of hydrogen-bond donors (Lipinski definition) is 1. The standard InChI is InChI=1S/C13H16INO2/c1-2-3-4-5-8-17-13(16)11-9-10(14)6-7-12(11)15/h3-4,6-7,9H,2,5,8,15H2,1H3/b4-3-. The van der Waals surface area contributed by atoms with Gasteiger partial charge in [-0.1, -0.05) is 19.1 Å². The molecule has 0 spiro atoms. The van der Waals surface area contributed by atoms with Crippen LogP contribution in [-0.4, -0.2) is 12.6 Å². The monoisotopic (exact) mass is 345 g/mol. The number of halogens is 1. The van der Waals surface area contributed by atoms with Crippen LogP contribution in [0.25, 0.3) is 0 Å². The summed E-state index contributed by atoms with van der Waals surface area (Å²) in [4.78, 5) is 11.7. The van der Waals surface area contributed by atoms with E-state index in [2.05, 4.69) is 29.5 Å². The van der Waals surface area contributed by atoms with Crippen molar-refractivity contribution in [3.05, 3.63) is 39.5 Å². The molecule has 1 rings (SSSR count). The summed E-state index contributed by atoms with van der Waals surface area (Å²) in [6.45, 7) is 2.45. The lowest BCUT2D eigenvalue weighted by atomic mass is 10.2. The van der Waals surface area contributed by atoms with Gasteiger partial charge in [0.05, 0.1) is 12.2 Å². The van der Waals surface area contributed by atoms with E-state index in [0.29, 0.717) is 17.9 Å². The van der Waals surface area contributed by atoms with Gasteiger partial charge < -0.3 is 10.5 Å². The Bertz CT molecular complexity index is 416. The number of carbonyl (C=O) groups is 1. The van der Waals surface area contributed by atoms with Gasteiger partial charge in [-0.2, -0.15) is 0 Å².